The lowest BCUT2D eigenvalue weighted by Gasteiger charge is -2.18. The summed E-state index contributed by atoms with van der Waals surface area (Å²) < 4.78 is 5.73. The van der Waals surface area contributed by atoms with E-state index in [1.165, 1.54) is 11.6 Å². The molecule has 0 aliphatic rings. The fraction of sp³-hybridized carbons (Fsp3) is 0.333. The molecule has 0 amide bonds. The first-order chi connectivity index (χ1) is 9.32. The highest BCUT2D eigenvalue weighted by Crippen LogP contribution is 2.33. The number of nitrogens with one attached hydrogen (secondary N) is 1. The van der Waals surface area contributed by atoms with Crippen LogP contribution in [0.4, 0.5) is 0 Å². The van der Waals surface area contributed by atoms with Crippen molar-refractivity contribution in [1.82, 2.24) is 10.2 Å². The van der Waals surface area contributed by atoms with Crippen molar-refractivity contribution in [2.75, 3.05) is 0 Å². The van der Waals surface area contributed by atoms with Gasteiger partial charge in [-0.1, -0.05) is 11.6 Å². The summed E-state index contributed by atoms with van der Waals surface area (Å²) in [4.78, 5) is 11.8. The first-order valence-electron chi connectivity index (χ1n) is 6.33. The third-order valence-electron chi connectivity index (χ3n) is 3.86. The van der Waals surface area contributed by atoms with Gasteiger partial charge in [0, 0.05) is 6.07 Å². The number of hydrogen-bond donors (Lipinski definition) is 1. The summed E-state index contributed by atoms with van der Waals surface area (Å²) in [6, 6.07) is 1.25. The van der Waals surface area contributed by atoms with E-state index >= 15 is 0 Å². The van der Waals surface area contributed by atoms with E-state index in [-0.39, 0.29) is 16.5 Å². The van der Waals surface area contributed by atoms with E-state index in [4.69, 9.17) is 16.3 Å². The molecule has 0 saturated heterocycles. The minimum Gasteiger partial charge on any atom is -0.434 e. The van der Waals surface area contributed by atoms with E-state index in [2.05, 4.69) is 17.1 Å². The number of hydrogen-bond acceptors (Lipinski definition) is 3. The second-order valence-electron chi connectivity index (χ2n) is 4.94. The molecule has 0 aliphatic carbocycles. The normalized spacial score (nSPS) is 10.7. The fourth-order valence-electron chi connectivity index (χ4n) is 2.16. The Kier molecular flexibility index (Phi) is 3.86. The maximum Gasteiger partial charge on any atom is 0.285 e. The van der Waals surface area contributed by atoms with E-state index in [1.807, 2.05) is 27.7 Å². The van der Waals surface area contributed by atoms with Crippen LogP contribution in [0.15, 0.2) is 10.9 Å². The number of aromatic nitrogens is 2. The molecule has 0 atom stereocenters. The first kappa shape index (κ1) is 14.6. The van der Waals surface area contributed by atoms with E-state index in [0.29, 0.717) is 5.75 Å². The van der Waals surface area contributed by atoms with Crippen LogP contribution in [0.5, 0.6) is 11.6 Å². The van der Waals surface area contributed by atoms with Crippen molar-refractivity contribution in [3.63, 3.8) is 0 Å². The molecule has 1 aromatic carbocycles. The summed E-state index contributed by atoms with van der Waals surface area (Å²) in [6.07, 6.45) is 0. The van der Waals surface area contributed by atoms with Gasteiger partial charge in [0.15, 0.2) is 0 Å². The van der Waals surface area contributed by atoms with Gasteiger partial charge in [-0.05, 0) is 62.4 Å². The number of nitrogens with zero attached hydrogens (tertiary/aromatic N) is 1. The molecule has 20 heavy (non-hydrogen) atoms. The molecule has 0 spiro atoms. The van der Waals surface area contributed by atoms with E-state index in [0.717, 1.165) is 22.3 Å². The molecule has 0 bridgehead atoms. The molecule has 0 fully saturated rings. The molecule has 2 rings (SSSR count). The molecule has 1 N–H and O–H groups in total. The van der Waals surface area contributed by atoms with Crippen LogP contribution < -0.4 is 10.2 Å². The lowest BCUT2D eigenvalue weighted by atomic mass is 9.94. The Bertz CT molecular complexity index is 706. The number of ether oxygens (including phenoxy) is 1. The Morgan fingerprint density at radius 2 is 1.50 bits per heavy atom. The van der Waals surface area contributed by atoms with Crippen LogP contribution in [0.1, 0.15) is 27.8 Å². The van der Waals surface area contributed by atoms with Crippen LogP contribution in [0.3, 0.4) is 0 Å². The van der Waals surface area contributed by atoms with Crippen LogP contribution in [0, 0.1) is 34.6 Å². The highest BCUT2D eigenvalue weighted by Gasteiger charge is 2.16. The molecule has 0 saturated carbocycles. The van der Waals surface area contributed by atoms with E-state index in [9.17, 15) is 4.79 Å². The minimum absolute atomic E-state index is 0.00301. The summed E-state index contributed by atoms with van der Waals surface area (Å²) in [5, 5.41) is 6.56. The number of halogens is 1. The molecule has 4 nitrogen and oxygen atoms in total. The number of H-pyrrole nitrogens is 1. The molecule has 2 aromatic rings. The molecule has 1 aromatic heterocycles. The summed E-state index contributed by atoms with van der Waals surface area (Å²) in [5.41, 5.74) is 5.25. The van der Waals surface area contributed by atoms with Crippen LogP contribution >= 0.6 is 11.6 Å². The van der Waals surface area contributed by atoms with Crippen molar-refractivity contribution in [3.05, 3.63) is 49.3 Å². The summed E-state index contributed by atoms with van der Waals surface area (Å²) in [7, 11) is 0. The SMILES string of the molecule is Cc1c(C)c(C)c(Oc2n[nH]c(Cl)cc2=O)c(C)c1C. The van der Waals surface area contributed by atoms with Gasteiger partial charge in [-0.2, -0.15) is 0 Å². The van der Waals surface area contributed by atoms with Gasteiger partial charge >= 0.3 is 0 Å². The standard InChI is InChI=1S/C15H17ClN2O2/c1-7-8(2)10(4)14(11(5)9(7)3)20-15-12(19)6-13(16)17-18-15/h6H,1-5H3,(H,17,19). The van der Waals surface area contributed by atoms with Gasteiger partial charge in [0.25, 0.3) is 5.88 Å². The van der Waals surface area contributed by atoms with Crippen molar-refractivity contribution in [3.8, 4) is 11.6 Å². The molecule has 1 heterocycles. The fourth-order valence-corrected chi connectivity index (χ4v) is 2.30. The molecular formula is C15H17ClN2O2. The van der Waals surface area contributed by atoms with Gasteiger partial charge in [0.05, 0.1) is 0 Å². The van der Waals surface area contributed by atoms with Crippen LogP contribution in [-0.2, 0) is 0 Å². The third-order valence-corrected chi connectivity index (χ3v) is 4.06. The van der Waals surface area contributed by atoms with Gasteiger partial charge in [-0.3, -0.25) is 9.89 Å². The number of rotatable bonds is 2. The van der Waals surface area contributed by atoms with Gasteiger partial charge in [0.2, 0.25) is 5.43 Å². The van der Waals surface area contributed by atoms with Crippen LogP contribution in [0.25, 0.3) is 0 Å². The van der Waals surface area contributed by atoms with Crippen molar-refractivity contribution >= 4 is 11.6 Å². The summed E-state index contributed by atoms with van der Waals surface area (Å²) in [6.45, 7) is 10.1. The highest BCUT2D eigenvalue weighted by atomic mass is 35.5. The smallest absolute Gasteiger partial charge is 0.285 e. The average molecular weight is 293 g/mol. The third kappa shape index (κ3) is 2.43. The molecule has 106 valence electrons. The van der Waals surface area contributed by atoms with Crippen molar-refractivity contribution in [2.24, 2.45) is 0 Å². The Morgan fingerprint density at radius 3 is 2.00 bits per heavy atom. The largest absolute Gasteiger partial charge is 0.434 e. The maximum atomic E-state index is 11.8. The van der Waals surface area contributed by atoms with E-state index in [1.54, 1.807) is 0 Å². The molecular weight excluding hydrogens is 276 g/mol. The molecule has 0 radical (unpaired) electrons. The highest BCUT2D eigenvalue weighted by molar-refractivity contribution is 6.29. The van der Waals surface area contributed by atoms with Gasteiger partial charge in [-0.25, -0.2) is 0 Å². The zero-order chi connectivity index (χ0) is 15.0. The van der Waals surface area contributed by atoms with Gasteiger partial charge < -0.3 is 4.74 Å². The van der Waals surface area contributed by atoms with Crippen molar-refractivity contribution in [1.29, 1.82) is 0 Å². The Balaban J connectivity index is 2.57. The predicted octanol–water partition coefficient (Wildman–Crippen LogP) is 3.76. The zero-order valence-electron chi connectivity index (χ0n) is 12.2. The van der Waals surface area contributed by atoms with Crippen LogP contribution in [-0.4, -0.2) is 10.2 Å². The van der Waals surface area contributed by atoms with Crippen LogP contribution in [0.2, 0.25) is 5.15 Å². The topological polar surface area (TPSA) is 55.0 Å². The average Bonchev–Trinajstić information content (AvgIpc) is 2.41. The van der Waals surface area contributed by atoms with Crippen molar-refractivity contribution < 1.29 is 4.74 Å². The second kappa shape index (κ2) is 5.29. The minimum atomic E-state index is -0.344. The van der Waals surface area contributed by atoms with Gasteiger partial charge in [0.1, 0.15) is 10.9 Å². The Hall–Kier alpha value is -1.81. The number of aromatic amines is 1. The Labute approximate surface area is 122 Å². The Morgan fingerprint density at radius 1 is 1.00 bits per heavy atom. The molecule has 0 aliphatic heterocycles. The lowest BCUT2D eigenvalue weighted by molar-refractivity contribution is 0.442. The molecule has 5 heteroatoms. The second-order valence-corrected chi connectivity index (χ2v) is 5.35. The van der Waals surface area contributed by atoms with Gasteiger partial charge in [-0.15, -0.1) is 5.10 Å². The summed E-state index contributed by atoms with van der Waals surface area (Å²) >= 11 is 5.68. The maximum absolute atomic E-state index is 11.8. The monoisotopic (exact) mass is 292 g/mol. The zero-order valence-corrected chi connectivity index (χ0v) is 13.0. The molecule has 0 unspecified atom stereocenters. The number of benzene rings is 1. The lowest BCUT2D eigenvalue weighted by Crippen LogP contribution is -2.09. The quantitative estimate of drug-likeness (QED) is 0.917. The first-order valence-corrected chi connectivity index (χ1v) is 6.70. The summed E-state index contributed by atoms with van der Waals surface area (Å²) in [5.74, 6) is 0.689. The van der Waals surface area contributed by atoms with E-state index < -0.39 is 0 Å². The predicted molar refractivity (Wildman–Crippen MR) is 80.1 cm³/mol. The van der Waals surface area contributed by atoms with Crippen molar-refractivity contribution in [2.45, 2.75) is 34.6 Å².